The summed E-state index contributed by atoms with van der Waals surface area (Å²) >= 11 is 0. The van der Waals surface area contributed by atoms with Gasteiger partial charge in [0.2, 0.25) is 0 Å². The van der Waals surface area contributed by atoms with Crippen LogP contribution in [-0.2, 0) is 6.54 Å². The van der Waals surface area contributed by atoms with Gasteiger partial charge in [-0.3, -0.25) is 0 Å². The Kier molecular flexibility index (Phi) is 6.47. The minimum Gasteiger partial charge on any atom is -0.489 e. The Hall–Kier alpha value is -1.32. The van der Waals surface area contributed by atoms with Gasteiger partial charge in [-0.15, -0.1) is 0 Å². The molecule has 0 amide bonds. The van der Waals surface area contributed by atoms with Gasteiger partial charge in [-0.25, -0.2) is 0 Å². The second kappa shape index (κ2) is 7.90. The zero-order chi connectivity index (χ0) is 13.4. The van der Waals surface area contributed by atoms with E-state index in [1.807, 2.05) is 31.2 Å². The van der Waals surface area contributed by atoms with Crippen LogP contribution < -0.4 is 10.1 Å². The molecule has 0 fully saturated rings. The Bertz CT molecular complexity index is 355. The molecule has 2 N–H and O–H groups in total. The molecule has 0 heterocycles. The van der Waals surface area contributed by atoms with E-state index >= 15 is 0 Å². The molecule has 0 saturated heterocycles. The number of nitrogens with one attached hydrogen (secondary N) is 1. The highest BCUT2D eigenvalue weighted by Crippen LogP contribution is 2.13. The van der Waals surface area contributed by atoms with Gasteiger partial charge in [0.1, 0.15) is 12.4 Å². The van der Waals surface area contributed by atoms with E-state index in [-0.39, 0.29) is 12.6 Å². The van der Waals surface area contributed by atoms with Crippen molar-refractivity contribution in [3.05, 3.63) is 42.0 Å². The minimum atomic E-state index is 0.171. The smallest absolute Gasteiger partial charge is 0.119 e. The Morgan fingerprint density at radius 3 is 2.56 bits per heavy atom. The van der Waals surface area contributed by atoms with E-state index in [9.17, 15) is 0 Å². The number of hydrogen-bond donors (Lipinski definition) is 2. The van der Waals surface area contributed by atoms with Crippen LogP contribution in [0, 0.1) is 0 Å². The molecule has 100 valence electrons. The Labute approximate surface area is 109 Å². The van der Waals surface area contributed by atoms with Crippen LogP contribution in [0.5, 0.6) is 5.75 Å². The molecule has 3 nitrogen and oxygen atoms in total. The average Bonchev–Trinajstić information content (AvgIpc) is 2.39. The second-order valence-corrected chi connectivity index (χ2v) is 4.56. The van der Waals surface area contributed by atoms with Crippen LogP contribution in [0.15, 0.2) is 36.4 Å². The van der Waals surface area contributed by atoms with Crippen LogP contribution in [0.2, 0.25) is 0 Å². The highest BCUT2D eigenvalue weighted by molar-refractivity contribution is 5.27. The van der Waals surface area contributed by atoms with Gasteiger partial charge in [-0.1, -0.05) is 25.6 Å². The van der Waals surface area contributed by atoms with Crippen molar-refractivity contribution in [2.45, 2.75) is 32.9 Å². The molecular formula is C15H23NO2. The summed E-state index contributed by atoms with van der Waals surface area (Å²) in [5.41, 5.74) is 2.19. The molecule has 1 aromatic carbocycles. The molecule has 18 heavy (non-hydrogen) atoms. The van der Waals surface area contributed by atoms with Crippen LogP contribution in [0.4, 0.5) is 0 Å². The van der Waals surface area contributed by atoms with E-state index in [0.29, 0.717) is 6.61 Å². The van der Waals surface area contributed by atoms with Crippen molar-refractivity contribution in [2.75, 3.05) is 13.2 Å². The lowest BCUT2D eigenvalue weighted by molar-refractivity contribution is 0.238. The van der Waals surface area contributed by atoms with Crippen molar-refractivity contribution in [3.63, 3.8) is 0 Å². The molecule has 1 unspecified atom stereocenters. The molecular weight excluding hydrogens is 226 g/mol. The highest BCUT2D eigenvalue weighted by Gasteiger charge is 2.03. The first-order valence-corrected chi connectivity index (χ1v) is 6.36. The number of rotatable bonds is 8. The number of aliphatic hydroxyl groups is 1. The van der Waals surface area contributed by atoms with Gasteiger partial charge in [0.15, 0.2) is 0 Å². The standard InChI is InChI=1S/C15H23NO2/c1-4-14(10-17)16-9-13-5-7-15(8-6-13)18-11-12(2)3/h5-8,14,16-17H,2,4,9-11H2,1,3H3. The lowest BCUT2D eigenvalue weighted by atomic mass is 10.2. The summed E-state index contributed by atoms with van der Waals surface area (Å²) < 4.78 is 5.53. The maximum Gasteiger partial charge on any atom is 0.119 e. The summed E-state index contributed by atoms with van der Waals surface area (Å²) in [4.78, 5) is 0. The zero-order valence-corrected chi connectivity index (χ0v) is 11.3. The van der Waals surface area contributed by atoms with Crippen LogP contribution in [0.1, 0.15) is 25.8 Å². The quantitative estimate of drug-likeness (QED) is 0.696. The second-order valence-electron chi connectivity index (χ2n) is 4.56. The van der Waals surface area contributed by atoms with Gasteiger partial charge < -0.3 is 15.2 Å². The fourth-order valence-corrected chi connectivity index (χ4v) is 1.51. The number of benzene rings is 1. The Balaban J connectivity index is 2.42. The largest absolute Gasteiger partial charge is 0.489 e. The predicted molar refractivity (Wildman–Crippen MR) is 74.8 cm³/mol. The van der Waals surface area contributed by atoms with Gasteiger partial charge in [0.05, 0.1) is 6.61 Å². The molecule has 0 bridgehead atoms. The summed E-state index contributed by atoms with van der Waals surface area (Å²) in [7, 11) is 0. The molecule has 0 aliphatic heterocycles. The molecule has 3 heteroatoms. The molecule has 0 saturated carbocycles. The first-order valence-electron chi connectivity index (χ1n) is 6.36. The van der Waals surface area contributed by atoms with E-state index in [2.05, 4.69) is 18.8 Å². The van der Waals surface area contributed by atoms with Crippen molar-refractivity contribution in [2.24, 2.45) is 0 Å². The Morgan fingerprint density at radius 2 is 2.06 bits per heavy atom. The van der Waals surface area contributed by atoms with Crippen molar-refractivity contribution in [1.29, 1.82) is 0 Å². The third-order valence-corrected chi connectivity index (χ3v) is 2.72. The van der Waals surface area contributed by atoms with Gasteiger partial charge in [-0.05, 0) is 36.6 Å². The maximum absolute atomic E-state index is 9.08. The molecule has 1 rings (SSSR count). The van der Waals surface area contributed by atoms with Crippen LogP contribution in [0.3, 0.4) is 0 Å². The molecule has 0 spiro atoms. The minimum absolute atomic E-state index is 0.171. The first kappa shape index (κ1) is 14.7. The van der Waals surface area contributed by atoms with E-state index in [0.717, 1.165) is 24.3 Å². The fourth-order valence-electron chi connectivity index (χ4n) is 1.51. The average molecular weight is 249 g/mol. The van der Waals surface area contributed by atoms with Gasteiger partial charge >= 0.3 is 0 Å². The van der Waals surface area contributed by atoms with Crippen molar-refractivity contribution in [1.82, 2.24) is 5.32 Å². The molecule has 1 aromatic rings. The van der Waals surface area contributed by atoms with E-state index in [1.54, 1.807) is 0 Å². The summed E-state index contributed by atoms with van der Waals surface area (Å²) in [6.45, 7) is 9.29. The van der Waals surface area contributed by atoms with E-state index in [1.165, 1.54) is 5.56 Å². The molecule has 0 aliphatic rings. The highest BCUT2D eigenvalue weighted by atomic mass is 16.5. The number of hydrogen-bond acceptors (Lipinski definition) is 3. The SMILES string of the molecule is C=C(C)COc1ccc(CNC(CC)CO)cc1. The summed E-state index contributed by atoms with van der Waals surface area (Å²) in [5.74, 6) is 0.857. The van der Waals surface area contributed by atoms with Crippen LogP contribution in [-0.4, -0.2) is 24.4 Å². The third-order valence-electron chi connectivity index (χ3n) is 2.72. The summed E-state index contributed by atoms with van der Waals surface area (Å²) in [6.07, 6.45) is 0.927. The molecule has 0 aromatic heterocycles. The topological polar surface area (TPSA) is 41.5 Å². The van der Waals surface area contributed by atoms with E-state index < -0.39 is 0 Å². The molecule has 0 radical (unpaired) electrons. The monoisotopic (exact) mass is 249 g/mol. The lowest BCUT2D eigenvalue weighted by Crippen LogP contribution is -2.31. The van der Waals surface area contributed by atoms with Crippen LogP contribution >= 0.6 is 0 Å². The van der Waals surface area contributed by atoms with Gasteiger partial charge in [-0.2, -0.15) is 0 Å². The first-order chi connectivity index (χ1) is 8.65. The predicted octanol–water partition coefficient (Wildman–Crippen LogP) is 2.50. The maximum atomic E-state index is 9.08. The van der Waals surface area contributed by atoms with Gasteiger partial charge in [0.25, 0.3) is 0 Å². The summed E-state index contributed by atoms with van der Waals surface area (Å²) in [5, 5.41) is 12.4. The lowest BCUT2D eigenvalue weighted by Gasteiger charge is -2.14. The van der Waals surface area contributed by atoms with Crippen molar-refractivity contribution in [3.8, 4) is 5.75 Å². The van der Waals surface area contributed by atoms with Gasteiger partial charge in [0, 0.05) is 12.6 Å². The summed E-state index contributed by atoms with van der Waals surface area (Å²) in [6, 6.07) is 8.15. The van der Waals surface area contributed by atoms with Crippen molar-refractivity contribution >= 4 is 0 Å². The molecule has 0 aliphatic carbocycles. The van der Waals surface area contributed by atoms with Crippen LogP contribution in [0.25, 0.3) is 0 Å². The number of ether oxygens (including phenoxy) is 1. The van der Waals surface area contributed by atoms with Crippen molar-refractivity contribution < 1.29 is 9.84 Å². The van der Waals surface area contributed by atoms with E-state index in [4.69, 9.17) is 9.84 Å². The number of aliphatic hydroxyl groups excluding tert-OH is 1. The third kappa shape index (κ3) is 5.34. The normalized spacial score (nSPS) is 12.2. The zero-order valence-electron chi connectivity index (χ0n) is 11.3. The Morgan fingerprint density at radius 1 is 1.39 bits per heavy atom. The molecule has 1 atom stereocenters. The fraction of sp³-hybridized carbons (Fsp3) is 0.467.